The van der Waals surface area contributed by atoms with Crippen LogP contribution >= 0.6 is 0 Å². The molecule has 0 radical (unpaired) electrons. The molecule has 96 valence electrons. The van der Waals surface area contributed by atoms with Crippen molar-refractivity contribution in [2.75, 3.05) is 12.4 Å². The SMILES string of the molecule is COC(=O)c1ccc(C(=O)Nc2cccnc2)nc1. The zero-order chi connectivity index (χ0) is 13.7. The normalized spacial score (nSPS) is 9.74. The molecule has 6 nitrogen and oxygen atoms in total. The molecular weight excluding hydrogens is 246 g/mol. The summed E-state index contributed by atoms with van der Waals surface area (Å²) >= 11 is 0. The summed E-state index contributed by atoms with van der Waals surface area (Å²) in [6.45, 7) is 0. The van der Waals surface area contributed by atoms with Gasteiger partial charge in [-0.05, 0) is 24.3 Å². The number of hydrogen-bond acceptors (Lipinski definition) is 5. The Bertz CT molecular complexity index is 582. The minimum Gasteiger partial charge on any atom is -0.465 e. The van der Waals surface area contributed by atoms with Crippen molar-refractivity contribution in [3.8, 4) is 0 Å². The second-order valence-electron chi connectivity index (χ2n) is 3.62. The van der Waals surface area contributed by atoms with Gasteiger partial charge in [-0.3, -0.25) is 14.8 Å². The summed E-state index contributed by atoms with van der Waals surface area (Å²) in [7, 11) is 1.28. The summed E-state index contributed by atoms with van der Waals surface area (Å²) < 4.78 is 4.54. The van der Waals surface area contributed by atoms with E-state index in [-0.39, 0.29) is 11.6 Å². The van der Waals surface area contributed by atoms with Crippen LogP contribution in [0.4, 0.5) is 5.69 Å². The zero-order valence-corrected chi connectivity index (χ0v) is 10.2. The number of nitrogens with one attached hydrogen (secondary N) is 1. The molecule has 0 spiro atoms. The van der Waals surface area contributed by atoms with Crippen molar-refractivity contribution in [3.63, 3.8) is 0 Å². The molecule has 6 heteroatoms. The maximum absolute atomic E-state index is 11.8. The van der Waals surface area contributed by atoms with E-state index in [1.165, 1.54) is 31.6 Å². The maximum atomic E-state index is 11.8. The molecule has 0 atom stereocenters. The largest absolute Gasteiger partial charge is 0.465 e. The summed E-state index contributed by atoms with van der Waals surface area (Å²) in [6.07, 6.45) is 4.43. The van der Waals surface area contributed by atoms with Crippen molar-refractivity contribution in [2.45, 2.75) is 0 Å². The fourth-order valence-electron chi connectivity index (χ4n) is 1.40. The van der Waals surface area contributed by atoms with Gasteiger partial charge in [0, 0.05) is 12.4 Å². The maximum Gasteiger partial charge on any atom is 0.339 e. The standard InChI is InChI=1S/C13H11N3O3/c1-19-13(18)9-4-5-11(15-7-9)12(17)16-10-3-2-6-14-8-10/h2-8H,1H3,(H,16,17). The molecule has 2 aromatic heterocycles. The van der Waals surface area contributed by atoms with Crippen molar-refractivity contribution in [3.05, 3.63) is 54.1 Å². The van der Waals surface area contributed by atoms with Gasteiger partial charge in [0.05, 0.1) is 24.6 Å². The molecule has 2 rings (SSSR count). The number of anilines is 1. The number of methoxy groups -OCH3 is 1. The van der Waals surface area contributed by atoms with Gasteiger partial charge in [-0.15, -0.1) is 0 Å². The highest BCUT2D eigenvalue weighted by Gasteiger charge is 2.10. The van der Waals surface area contributed by atoms with Crippen molar-refractivity contribution in [1.29, 1.82) is 0 Å². The lowest BCUT2D eigenvalue weighted by atomic mass is 10.2. The van der Waals surface area contributed by atoms with Crippen LogP contribution in [-0.2, 0) is 4.74 Å². The Morgan fingerprint density at radius 3 is 2.63 bits per heavy atom. The van der Waals surface area contributed by atoms with Gasteiger partial charge in [0.25, 0.3) is 5.91 Å². The lowest BCUT2D eigenvalue weighted by Crippen LogP contribution is -2.14. The Labute approximate surface area is 109 Å². The monoisotopic (exact) mass is 257 g/mol. The molecule has 0 saturated heterocycles. The molecule has 19 heavy (non-hydrogen) atoms. The fourth-order valence-corrected chi connectivity index (χ4v) is 1.40. The van der Waals surface area contributed by atoms with Crippen LogP contribution in [0.1, 0.15) is 20.8 Å². The zero-order valence-electron chi connectivity index (χ0n) is 10.2. The number of carbonyl (C=O) groups excluding carboxylic acids is 2. The van der Waals surface area contributed by atoms with Gasteiger partial charge in [-0.1, -0.05) is 0 Å². The van der Waals surface area contributed by atoms with Crippen molar-refractivity contribution >= 4 is 17.6 Å². The smallest absolute Gasteiger partial charge is 0.339 e. The predicted molar refractivity (Wildman–Crippen MR) is 67.8 cm³/mol. The summed E-state index contributed by atoms with van der Waals surface area (Å²) in [5, 5.41) is 2.64. The van der Waals surface area contributed by atoms with Gasteiger partial charge in [0.2, 0.25) is 0 Å². The number of hydrogen-bond donors (Lipinski definition) is 1. The van der Waals surface area contributed by atoms with E-state index in [0.717, 1.165) is 0 Å². The number of esters is 1. The van der Waals surface area contributed by atoms with Crippen LogP contribution in [-0.4, -0.2) is 29.0 Å². The third-order valence-corrected chi connectivity index (χ3v) is 2.34. The molecular formula is C13H11N3O3. The van der Waals surface area contributed by atoms with Gasteiger partial charge in [-0.2, -0.15) is 0 Å². The summed E-state index contributed by atoms with van der Waals surface area (Å²) in [5.74, 6) is -0.865. The molecule has 2 heterocycles. The minimum atomic E-state index is -0.494. The first-order chi connectivity index (χ1) is 9.20. The van der Waals surface area contributed by atoms with E-state index in [9.17, 15) is 9.59 Å². The number of amides is 1. The molecule has 0 saturated carbocycles. The third kappa shape index (κ3) is 3.12. The number of pyridine rings is 2. The molecule has 2 aromatic rings. The molecule has 0 aliphatic heterocycles. The van der Waals surface area contributed by atoms with Gasteiger partial charge in [0.15, 0.2) is 0 Å². The molecule has 0 aliphatic carbocycles. The highest BCUT2D eigenvalue weighted by Crippen LogP contribution is 2.07. The van der Waals surface area contributed by atoms with Gasteiger partial charge in [-0.25, -0.2) is 4.79 Å². The number of rotatable bonds is 3. The van der Waals surface area contributed by atoms with Crippen LogP contribution in [0.5, 0.6) is 0 Å². The van der Waals surface area contributed by atoms with Crippen LogP contribution < -0.4 is 5.32 Å². The first-order valence-electron chi connectivity index (χ1n) is 5.46. The Hall–Kier alpha value is -2.76. The summed E-state index contributed by atoms with van der Waals surface area (Å²) in [6, 6.07) is 6.37. The number of ether oxygens (including phenoxy) is 1. The molecule has 1 N–H and O–H groups in total. The molecule has 0 bridgehead atoms. The van der Waals surface area contributed by atoms with Crippen LogP contribution in [0.25, 0.3) is 0 Å². The van der Waals surface area contributed by atoms with Crippen LogP contribution in [0.15, 0.2) is 42.9 Å². The Morgan fingerprint density at radius 1 is 1.21 bits per heavy atom. The van der Waals surface area contributed by atoms with Crippen molar-refractivity contribution in [2.24, 2.45) is 0 Å². The number of aromatic nitrogens is 2. The van der Waals surface area contributed by atoms with E-state index in [2.05, 4.69) is 20.0 Å². The van der Waals surface area contributed by atoms with Gasteiger partial charge < -0.3 is 10.1 Å². The average molecular weight is 257 g/mol. The van der Waals surface area contributed by atoms with Crippen molar-refractivity contribution < 1.29 is 14.3 Å². The molecule has 0 fully saturated rings. The van der Waals surface area contributed by atoms with Crippen LogP contribution in [0, 0.1) is 0 Å². The van der Waals surface area contributed by atoms with E-state index in [1.807, 2.05) is 0 Å². The van der Waals surface area contributed by atoms with Gasteiger partial charge in [0.1, 0.15) is 5.69 Å². The lowest BCUT2D eigenvalue weighted by Gasteiger charge is -2.04. The second-order valence-corrected chi connectivity index (χ2v) is 3.62. The first-order valence-corrected chi connectivity index (χ1v) is 5.46. The highest BCUT2D eigenvalue weighted by molar-refractivity contribution is 6.03. The van der Waals surface area contributed by atoms with E-state index in [0.29, 0.717) is 11.3 Å². The number of carbonyl (C=O) groups is 2. The second kappa shape index (κ2) is 5.72. The van der Waals surface area contributed by atoms with Crippen molar-refractivity contribution in [1.82, 2.24) is 9.97 Å². The molecule has 1 amide bonds. The minimum absolute atomic E-state index is 0.205. The van der Waals surface area contributed by atoms with Crippen LogP contribution in [0.2, 0.25) is 0 Å². The fraction of sp³-hybridized carbons (Fsp3) is 0.0769. The quantitative estimate of drug-likeness (QED) is 0.843. The summed E-state index contributed by atoms with van der Waals surface area (Å²) in [5.41, 5.74) is 1.07. The third-order valence-electron chi connectivity index (χ3n) is 2.34. The molecule has 0 aliphatic rings. The predicted octanol–water partition coefficient (Wildman–Crippen LogP) is 1.52. The molecule has 0 aromatic carbocycles. The molecule has 0 unspecified atom stereocenters. The topological polar surface area (TPSA) is 81.2 Å². The van der Waals surface area contributed by atoms with E-state index < -0.39 is 5.97 Å². The lowest BCUT2D eigenvalue weighted by molar-refractivity contribution is 0.0600. The van der Waals surface area contributed by atoms with E-state index in [4.69, 9.17) is 0 Å². The first kappa shape index (κ1) is 12.7. The highest BCUT2D eigenvalue weighted by atomic mass is 16.5. The van der Waals surface area contributed by atoms with E-state index >= 15 is 0 Å². The summed E-state index contributed by atoms with van der Waals surface area (Å²) in [4.78, 5) is 30.9. The number of nitrogens with zero attached hydrogens (tertiary/aromatic N) is 2. The Balaban J connectivity index is 2.10. The Morgan fingerprint density at radius 2 is 2.05 bits per heavy atom. The van der Waals surface area contributed by atoms with E-state index in [1.54, 1.807) is 18.3 Å². The van der Waals surface area contributed by atoms with Crippen LogP contribution in [0.3, 0.4) is 0 Å². The average Bonchev–Trinajstić information content (AvgIpc) is 2.47. The Kier molecular flexibility index (Phi) is 3.82. The van der Waals surface area contributed by atoms with Gasteiger partial charge >= 0.3 is 5.97 Å².